The Balaban J connectivity index is 1.44. The summed E-state index contributed by atoms with van der Waals surface area (Å²) in [6.07, 6.45) is 2.92. The average Bonchev–Trinajstić information content (AvgIpc) is 3.36. The van der Waals surface area contributed by atoms with Crippen molar-refractivity contribution in [2.75, 3.05) is 19.7 Å². The van der Waals surface area contributed by atoms with Gasteiger partial charge < -0.3 is 20.1 Å². The van der Waals surface area contributed by atoms with E-state index in [1.54, 1.807) is 17.0 Å². The van der Waals surface area contributed by atoms with Crippen molar-refractivity contribution in [3.05, 3.63) is 34.9 Å². The molecular formula is C25H35ClN2O4. The first-order valence-electron chi connectivity index (χ1n) is 11.7. The molecule has 2 saturated heterocycles. The largest absolute Gasteiger partial charge is 0.384 e. The number of epoxide rings is 1. The summed E-state index contributed by atoms with van der Waals surface area (Å²) < 4.78 is 5.53. The topological polar surface area (TPSA) is 82.2 Å². The van der Waals surface area contributed by atoms with Gasteiger partial charge in [0.1, 0.15) is 6.04 Å². The van der Waals surface area contributed by atoms with Gasteiger partial charge in [-0.2, -0.15) is 0 Å². The molecule has 1 aromatic carbocycles. The first kappa shape index (κ1) is 23.5. The molecule has 1 spiro atoms. The summed E-state index contributed by atoms with van der Waals surface area (Å²) in [5, 5.41) is 15.3. The number of ether oxygens (including phenoxy) is 1. The first-order chi connectivity index (χ1) is 15.0. The van der Waals surface area contributed by atoms with Gasteiger partial charge in [0.25, 0.3) is 0 Å². The zero-order valence-electron chi connectivity index (χ0n) is 19.5. The SMILES string of the molecule is CC(C)[C@@H](NC(=O)[C@@H]1CCC2(CO2)C1)C(=O)N1CC[C@](O)(c2ccc(Cl)cc2)C(C)(C)C1. The summed E-state index contributed by atoms with van der Waals surface area (Å²) in [7, 11) is 0. The summed E-state index contributed by atoms with van der Waals surface area (Å²) >= 11 is 6.03. The van der Waals surface area contributed by atoms with E-state index in [-0.39, 0.29) is 29.3 Å². The Labute approximate surface area is 195 Å². The Bertz CT molecular complexity index is 880. The van der Waals surface area contributed by atoms with Crippen LogP contribution in [0, 0.1) is 17.3 Å². The molecule has 4 rings (SSSR count). The number of hydrogen-bond acceptors (Lipinski definition) is 4. The number of hydrogen-bond donors (Lipinski definition) is 2. The summed E-state index contributed by atoms with van der Waals surface area (Å²) in [6.45, 7) is 9.48. The lowest BCUT2D eigenvalue weighted by atomic mass is 9.66. The predicted octanol–water partition coefficient (Wildman–Crippen LogP) is 3.50. The number of carbonyl (C=O) groups is 2. The van der Waals surface area contributed by atoms with Crippen LogP contribution in [0.25, 0.3) is 0 Å². The molecule has 1 aromatic rings. The van der Waals surface area contributed by atoms with Gasteiger partial charge in [-0.15, -0.1) is 0 Å². The van der Waals surface area contributed by atoms with E-state index in [0.717, 1.165) is 31.4 Å². The van der Waals surface area contributed by atoms with Crippen molar-refractivity contribution in [2.24, 2.45) is 17.3 Å². The van der Waals surface area contributed by atoms with E-state index < -0.39 is 17.1 Å². The van der Waals surface area contributed by atoms with Crippen LogP contribution in [0.2, 0.25) is 5.02 Å². The van der Waals surface area contributed by atoms with Crippen molar-refractivity contribution in [2.45, 2.75) is 70.6 Å². The van der Waals surface area contributed by atoms with Gasteiger partial charge in [-0.05, 0) is 49.3 Å². The molecule has 1 aliphatic carbocycles. The van der Waals surface area contributed by atoms with Crippen LogP contribution >= 0.6 is 11.6 Å². The summed E-state index contributed by atoms with van der Waals surface area (Å²) in [6, 6.07) is 6.71. The van der Waals surface area contributed by atoms with Crippen LogP contribution in [0.1, 0.15) is 58.9 Å². The number of nitrogens with one attached hydrogen (secondary N) is 1. The van der Waals surface area contributed by atoms with Crippen LogP contribution < -0.4 is 5.32 Å². The molecule has 2 amide bonds. The molecule has 3 fully saturated rings. The maximum atomic E-state index is 13.5. The second-order valence-electron chi connectivity index (χ2n) is 10.9. The summed E-state index contributed by atoms with van der Waals surface area (Å²) in [5.41, 5.74) is -0.887. The van der Waals surface area contributed by atoms with Crippen LogP contribution in [0.5, 0.6) is 0 Å². The van der Waals surface area contributed by atoms with Crippen LogP contribution in [0.3, 0.4) is 0 Å². The zero-order valence-corrected chi connectivity index (χ0v) is 20.2. The molecular weight excluding hydrogens is 428 g/mol. The van der Waals surface area contributed by atoms with Crippen molar-refractivity contribution in [3.8, 4) is 0 Å². The van der Waals surface area contributed by atoms with Crippen LogP contribution in [0.4, 0.5) is 0 Å². The highest BCUT2D eigenvalue weighted by Gasteiger charge is 2.53. The van der Waals surface area contributed by atoms with Crippen molar-refractivity contribution >= 4 is 23.4 Å². The Morgan fingerprint density at radius 1 is 1.22 bits per heavy atom. The summed E-state index contributed by atoms with van der Waals surface area (Å²) in [5.74, 6) is -0.230. The van der Waals surface area contributed by atoms with Gasteiger partial charge in [-0.1, -0.05) is 51.4 Å². The van der Waals surface area contributed by atoms with Gasteiger partial charge in [0.15, 0.2) is 0 Å². The molecule has 2 N–H and O–H groups in total. The molecule has 0 aromatic heterocycles. The van der Waals surface area contributed by atoms with Crippen molar-refractivity contribution in [1.29, 1.82) is 0 Å². The molecule has 2 aliphatic heterocycles. The fourth-order valence-corrected chi connectivity index (χ4v) is 5.56. The van der Waals surface area contributed by atoms with Gasteiger partial charge in [0, 0.05) is 29.4 Å². The second-order valence-corrected chi connectivity index (χ2v) is 11.3. The number of piperidine rings is 1. The highest BCUT2D eigenvalue weighted by Crippen LogP contribution is 2.47. The molecule has 1 unspecified atom stereocenters. The van der Waals surface area contributed by atoms with E-state index in [1.807, 2.05) is 39.8 Å². The Morgan fingerprint density at radius 3 is 2.41 bits per heavy atom. The van der Waals surface area contributed by atoms with Crippen LogP contribution in [-0.4, -0.2) is 53.2 Å². The predicted molar refractivity (Wildman–Crippen MR) is 123 cm³/mol. The van der Waals surface area contributed by atoms with E-state index in [9.17, 15) is 14.7 Å². The van der Waals surface area contributed by atoms with Crippen molar-refractivity contribution in [1.82, 2.24) is 10.2 Å². The Morgan fingerprint density at radius 2 is 1.88 bits per heavy atom. The molecule has 3 aliphatic rings. The lowest BCUT2D eigenvalue weighted by molar-refractivity contribution is -0.157. The molecule has 6 nitrogen and oxygen atoms in total. The highest BCUT2D eigenvalue weighted by atomic mass is 35.5. The number of rotatable bonds is 5. The minimum Gasteiger partial charge on any atom is -0.384 e. The molecule has 32 heavy (non-hydrogen) atoms. The van der Waals surface area contributed by atoms with Gasteiger partial charge in [-0.3, -0.25) is 9.59 Å². The molecule has 0 radical (unpaired) electrons. The Hall–Kier alpha value is -1.63. The standard InChI is InChI=1S/C25H35ClN2O4/c1-16(2)20(27-21(29)17-9-10-24(13-17)15-32-24)22(30)28-12-11-25(31,23(3,4)14-28)18-5-7-19(26)8-6-18/h5-8,16-17,20,31H,9-15H2,1-4H3,(H,27,29)/t17-,20-,24?,25+/m1/s1. The third-order valence-electron chi connectivity index (χ3n) is 7.80. The minimum atomic E-state index is -1.06. The molecule has 1 saturated carbocycles. The molecule has 176 valence electrons. The van der Waals surface area contributed by atoms with E-state index in [4.69, 9.17) is 16.3 Å². The monoisotopic (exact) mass is 462 g/mol. The molecule has 0 bridgehead atoms. The van der Waals surface area contributed by atoms with Gasteiger partial charge in [0.05, 0.1) is 17.8 Å². The lowest BCUT2D eigenvalue weighted by Gasteiger charge is -2.51. The van der Waals surface area contributed by atoms with Gasteiger partial charge >= 0.3 is 0 Å². The number of aliphatic hydroxyl groups is 1. The fraction of sp³-hybridized carbons (Fsp3) is 0.680. The number of likely N-dealkylation sites (tertiary alicyclic amines) is 1. The maximum absolute atomic E-state index is 13.5. The number of carbonyl (C=O) groups excluding carboxylic acids is 2. The molecule has 7 heteroatoms. The van der Waals surface area contributed by atoms with Gasteiger partial charge in [-0.25, -0.2) is 0 Å². The number of benzene rings is 1. The van der Waals surface area contributed by atoms with Crippen LogP contribution in [-0.2, 0) is 19.9 Å². The van der Waals surface area contributed by atoms with Crippen molar-refractivity contribution < 1.29 is 19.4 Å². The number of nitrogens with zero attached hydrogens (tertiary/aromatic N) is 1. The second kappa shape index (κ2) is 8.30. The maximum Gasteiger partial charge on any atom is 0.245 e. The zero-order chi connectivity index (χ0) is 23.3. The quantitative estimate of drug-likeness (QED) is 0.656. The van der Waals surface area contributed by atoms with Crippen molar-refractivity contribution in [3.63, 3.8) is 0 Å². The minimum absolute atomic E-state index is 0.0285. The fourth-order valence-electron chi connectivity index (χ4n) is 5.43. The third kappa shape index (κ3) is 4.29. The molecule has 4 atom stereocenters. The summed E-state index contributed by atoms with van der Waals surface area (Å²) in [4.78, 5) is 28.2. The number of amides is 2. The van der Waals surface area contributed by atoms with E-state index in [0.29, 0.717) is 24.5 Å². The Kier molecular flexibility index (Phi) is 6.10. The average molecular weight is 463 g/mol. The van der Waals surface area contributed by atoms with Gasteiger partial charge in [0.2, 0.25) is 11.8 Å². The molecule has 2 heterocycles. The van der Waals surface area contributed by atoms with E-state index >= 15 is 0 Å². The van der Waals surface area contributed by atoms with Crippen LogP contribution in [0.15, 0.2) is 24.3 Å². The normalized spacial score (nSPS) is 32.2. The number of halogens is 1. The first-order valence-corrected chi connectivity index (χ1v) is 12.1. The highest BCUT2D eigenvalue weighted by molar-refractivity contribution is 6.30. The third-order valence-corrected chi connectivity index (χ3v) is 8.06. The lowest BCUT2D eigenvalue weighted by Crippen LogP contribution is -2.60. The smallest absolute Gasteiger partial charge is 0.245 e. The van der Waals surface area contributed by atoms with E-state index in [2.05, 4.69) is 5.32 Å². The van der Waals surface area contributed by atoms with E-state index in [1.165, 1.54) is 0 Å².